The molecule has 0 unspecified atom stereocenters. The zero-order valence-electron chi connectivity index (χ0n) is 12.0. The minimum atomic E-state index is 0.688. The maximum Gasteiger partial charge on any atom is 0.0991 e. The standard InChI is InChI=1S/C21H13N/c22-14-15-9-11-16(12-10-15)21-19-7-3-1-5-17(19)13-18-6-2-4-8-20(18)21/h1-13H. The van der Waals surface area contributed by atoms with Crippen LogP contribution in [0.15, 0.2) is 78.9 Å². The molecule has 0 saturated heterocycles. The fourth-order valence-electron chi connectivity index (χ4n) is 3.04. The zero-order valence-corrected chi connectivity index (χ0v) is 12.0. The summed E-state index contributed by atoms with van der Waals surface area (Å²) in [6.07, 6.45) is 0. The van der Waals surface area contributed by atoms with Crippen molar-refractivity contribution in [3.63, 3.8) is 0 Å². The molecule has 0 aliphatic rings. The summed E-state index contributed by atoms with van der Waals surface area (Å²) in [4.78, 5) is 0. The topological polar surface area (TPSA) is 23.8 Å². The van der Waals surface area contributed by atoms with E-state index in [4.69, 9.17) is 5.26 Å². The molecule has 1 nitrogen and oxygen atoms in total. The van der Waals surface area contributed by atoms with Crippen LogP contribution in [0.4, 0.5) is 0 Å². The number of benzene rings is 4. The van der Waals surface area contributed by atoms with Gasteiger partial charge >= 0.3 is 0 Å². The van der Waals surface area contributed by atoms with Gasteiger partial charge in [0.1, 0.15) is 0 Å². The molecule has 0 atom stereocenters. The molecule has 1 heteroatoms. The van der Waals surface area contributed by atoms with Gasteiger partial charge in [-0.15, -0.1) is 0 Å². The fourth-order valence-corrected chi connectivity index (χ4v) is 3.04. The van der Waals surface area contributed by atoms with E-state index >= 15 is 0 Å². The Bertz CT molecular complexity index is 967. The lowest BCUT2D eigenvalue weighted by Crippen LogP contribution is -1.85. The monoisotopic (exact) mass is 279 g/mol. The highest BCUT2D eigenvalue weighted by atomic mass is 14.2. The van der Waals surface area contributed by atoms with Crippen molar-refractivity contribution in [3.8, 4) is 17.2 Å². The Morgan fingerprint density at radius 1 is 0.636 bits per heavy atom. The van der Waals surface area contributed by atoms with Crippen LogP contribution in [0.5, 0.6) is 0 Å². The lowest BCUT2D eigenvalue weighted by Gasteiger charge is -2.12. The van der Waals surface area contributed by atoms with Crippen molar-refractivity contribution in [2.75, 3.05) is 0 Å². The lowest BCUT2D eigenvalue weighted by atomic mass is 9.92. The van der Waals surface area contributed by atoms with Crippen molar-refractivity contribution >= 4 is 21.5 Å². The largest absolute Gasteiger partial charge is 0.192 e. The molecule has 22 heavy (non-hydrogen) atoms. The second-order valence-electron chi connectivity index (χ2n) is 5.38. The van der Waals surface area contributed by atoms with E-state index in [2.05, 4.69) is 60.7 Å². The average Bonchev–Trinajstić information content (AvgIpc) is 2.60. The van der Waals surface area contributed by atoms with Crippen LogP contribution in [0.3, 0.4) is 0 Å². The molecule has 0 spiro atoms. The summed E-state index contributed by atoms with van der Waals surface area (Å²) in [5, 5.41) is 13.9. The van der Waals surface area contributed by atoms with Crippen LogP contribution in [0.2, 0.25) is 0 Å². The van der Waals surface area contributed by atoms with E-state index in [1.54, 1.807) is 0 Å². The van der Waals surface area contributed by atoms with E-state index in [0.717, 1.165) is 5.56 Å². The third-order valence-corrected chi connectivity index (χ3v) is 4.07. The Hall–Kier alpha value is -3.11. The summed E-state index contributed by atoms with van der Waals surface area (Å²) in [7, 11) is 0. The molecular formula is C21H13N. The molecule has 4 aromatic carbocycles. The van der Waals surface area contributed by atoms with E-state index in [1.165, 1.54) is 27.1 Å². The van der Waals surface area contributed by atoms with Crippen molar-refractivity contribution in [2.45, 2.75) is 0 Å². The van der Waals surface area contributed by atoms with E-state index in [1.807, 2.05) is 24.3 Å². The molecule has 0 aromatic heterocycles. The minimum Gasteiger partial charge on any atom is -0.192 e. The molecule has 0 amide bonds. The molecule has 0 saturated carbocycles. The Morgan fingerprint density at radius 2 is 1.18 bits per heavy atom. The van der Waals surface area contributed by atoms with Gasteiger partial charge in [-0.2, -0.15) is 5.26 Å². The predicted octanol–water partition coefficient (Wildman–Crippen LogP) is 5.53. The van der Waals surface area contributed by atoms with Crippen molar-refractivity contribution in [2.24, 2.45) is 0 Å². The molecule has 102 valence electrons. The third kappa shape index (κ3) is 1.94. The first kappa shape index (κ1) is 12.6. The Labute approximate surface area is 129 Å². The maximum absolute atomic E-state index is 8.99. The molecule has 0 bridgehead atoms. The van der Waals surface area contributed by atoms with E-state index in [-0.39, 0.29) is 0 Å². The van der Waals surface area contributed by atoms with Gasteiger partial charge in [-0.25, -0.2) is 0 Å². The number of rotatable bonds is 1. The zero-order chi connectivity index (χ0) is 14.9. The van der Waals surface area contributed by atoms with Gasteiger partial charge < -0.3 is 0 Å². The minimum absolute atomic E-state index is 0.688. The first-order valence-electron chi connectivity index (χ1n) is 7.28. The number of hydrogen-bond donors (Lipinski definition) is 0. The highest BCUT2D eigenvalue weighted by Crippen LogP contribution is 2.36. The molecule has 0 heterocycles. The maximum atomic E-state index is 8.99. The summed E-state index contributed by atoms with van der Waals surface area (Å²) >= 11 is 0. The second-order valence-corrected chi connectivity index (χ2v) is 5.38. The van der Waals surface area contributed by atoms with Gasteiger partial charge in [0.05, 0.1) is 11.6 Å². The van der Waals surface area contributed by atoms with Crippen molar-refractivity contribution in [3.05, 3.63) is 84.4 Å². The van der Waals surface area contributed by atoms with Crippen molar-refractivity contribution in [1.82, 2.24) is 0 Å². The van der Waals surface area contributed by atoms with Crippen LogP contribution in [-0.2, 0) is 0 Å². The molecule has 4 rings (SSSR count). The Morgan fingerprint density at radius 3 is 1.73 bits per heavy atom. The first-order chi connectivity index (χ1) is 10.9. The molecule has 0 radical (unpaired) electrons. The van der Waals surface area contributed by atoms with Gasteiger partial charge in [-0.05, 0) is 50.9 Å². The van der Waals surface area contributed by atoms with E-state index in [9.17, 15) is 0 Å². The van der Waals surface area contributed by atoms with Crippen molar-refractivity contribution in [1.29, 1.82) is 5.26 Å². The number of nitrogens with zero attached hydrogens (tertiary/aromatic N) is 1. The summed E-state index contributed by atoms with van der Waals surface area (Å²) in [6.45, 7) is 0. The smallest absolute Gasteiger partial charge is 0.0991 e. The van der Waals surface area contributed by atoms with Crippen LogP contribution >= 0.6 is 0 Å². The highest BCUT2D eigenvalue weighted by Gasteiger charge is 2.09. The molecule has 0 aliphatic carbocycles. The summed E-state index contributed by atoms with van der Waals surface area (Å²) in [5.41, 5.74) is 3.07. The Balaban J connectivity index is 2.14. The fraction of sp³-hybridized carbons (Fsp3) is 0. The van der Waals surface area contributed by atoms with Gasteiger partial charge in [0, 0.05) is 0 Å². The summed E-state index contributed by atoms with van der Waals surface area (Å²) in [6, 6.07) is 29.1. The van der Waals surface area contributed by atoms with E-state index in [0.29, 0.717) is 5.56 Å². The molecular weight excluding hydrogens is 266 g/mol. The van der Waals surface area contributed by atoms with Crippen LogP contribution in [0.1, 0.15) is 5.56 Å². The van der Waals surface area contributed by atoms with Crippen LogP contribution < -0.4 is 0 Å². The van der Waals surface area contributed by atoms with E-state index < -0.39 is 0 Å². The van der Waals surface area contributed by atoms with Gasteiger partial charge in [-0.3, -0.25) is 0 Å². The lowest BCUT2D eigenvalue weighted by molar-refractivity contribution is 1.49. The first-order valence-corrected chi connectivity index (χ1v) is 7.28. The van der Waals surface area contributed by atoms with Crippen LogP contribution in [0.25, 0.3) is 32.7 Å². The van der Waals surface area contributed by atoms with Gasteiger partial charge in [0.15, 0.2) is 0 Å². The Kier molecular flexibility index (Phi) is 2.88. The third-order valence-electron chi connectivity index (χ3n) is 4.07. The molecule has 0 aliphatic heterocycles. The normalized spacial score (nSPS) is 10.7. The van der Waals surface area contributed by atoms with Gasteiger partial charge in [-0.1, -0.05) is 60.7 Å². The highest BCUT2D eigenvalue weighted by molar-refractivity contribution is 6.12. The van der Waals surface area contributed by atoms with Crippen LogP contribution in [-0.4, -0.2) is 0 Å². The molecule has 0 fully saturated rings. The number of hydrogen-bond acceptors (Lipinski definition) is 1. The number of fused-ring (bicyclic) bond motifs is 2. The molecule has 0 N–H and O–H groups in total. The quantitative estimate of drug-likeness (QED) is 0.420. The average molecular weight is 279 g/mol. The van der Waals surface area contributed by atoms with Gasteiger partial charge in [0.2, 0.25) is 0 Å². The SMILES string of the molecule is N#Cc1ccc(-c2c3ccccc3cc3ccccc23)cc1. The second kappa shape index (κ2) is 5.02. The van der Waals surface area contributed by atoms with Crippen molar-refractivity contribution < 1.29 is 0 Å². The molecule has 4 aromatic rings. The van der Waals surface area contributed by atoms with Gasteiger partial charge in [0.25, 0.3) is 0 Å². The summed E-state index contributed by atoms with van der Waals surface area (Å²) in [5.74, 6) is 0. The van der Waals surface area contributed by atoms with Crippen LogP contribution in [0, 0.1) is 11.3 Å². The predicted molar refractivity (Wildman–Crippen MR) is 91.6 cm³/mol. The number of nitriles is 1. The summed E-state index contributed by atoms with van der Waals surface area (Å²) < 4.78 is 0.